The number of nitrogens with zero attached hydrogens (tertiary/aromatic N) is 2. The van der Waals surface area contributed by atoms with Crippen molar-refractivity contribution in [2.45, 2.75) is 19.6 Å². The summed E-state index contributed by atoms with van der Waals surface area (Å²) >= 11 is 12.4. The lowest BCUT2D eigenvalue weighted by molar-refractivity contribution is -0.145. The van der Waals surface area contributed by atoms with Crippen LogP contribution in [0.15, 0.2) is 103 Å². The van der Waals surface area contributed by atoms with Crippen LogP contribution in [-0.2, 0) is 11.3 Å². The Kier molecular flexibility index (Phi) is 8.34. The van der Waals surface area contributed by atoms with Crippen LogP contribution in [0.4, 0.5) is 0 Å². The molecule has 40 heavy (non-hydrogen) atoms. The van der Waals surface area contributed by atoms with Gasteiger partial charge in [0.1, 0.15) is 11.6 Å². The summed E-state index contributed by atoms with van der Waals surface area (Å²) in [6.07, 6.45) is 4.94. The van der Waals surface area contributed by atoms with Gasteiger partial charge in [0.2, 0.25) is 6.10 Å². The Morgan fingerprint density at radius 3 is 2.23 bits per heavy atom. The van der Waals surface area contributed by atoms with Gasteiger partial charge in [0.05, 0.1) is 10.7 Å². The molecule has 0 spiro atoms. The van der Waals surface area contributed by atoms with Crippen LogP contribution in [0.5, 0.6) is 5.75 Å². The molecule has 0 bridgehead atoms. The topological polar surface area (TPSA) is 64.4 Å². The van der Waals surface area contributed by atoms with Gasteiger partial charge in [-0.15, -0.1) is 0 Å². The number of imidazole rings is 1. The molecule has 5 rings (SSSR count). The number of carboxylic acids is 1. The largest absolute Gasteiger partial charge is 0.478 e. The van der Waals surface area contributed by atoms with Crippen molar-refractivity contribution in [1.82, 2.24) is 9.55 Å². The smallest absolute Gasteiger partial charge is 0.349 e. The fraction of sp³-hybridized carbons (Fsp3) is 0.0909. The summed E-state index contributed by atoms with van der Waals surface area (Å²) in [7, 11) is 0. The first-order valence-electron chi connectivity index (χ1n) is 12.8. The molecule has 0 radical (unpaired) electrons. The predicted molar refractivity (Wildman–Crippen MR) is 162 cm³/mol. The minimum Gasteiger partial charge on any atom is -0.478 e. The van der Waals surface area contributed by atoms with Crippen LogP contribution in [-0.4, -0.2) is 20.6 Å². The van der Waals surface area contributed by atoms with Crippen LogP contribution >= 0.6 is 23.2 Å². The van der Waals surface area contributed by atoms with Gasteiger partial charge in [-0.05, 0) is 60.0 Å². The first kappa shape index (κ1) is 27.3. The van der Waals surface area contributed by atoms with Gasteiger partial charge >= 0.3 is 5.97 Å². The van der Waals surface area contributed by atoms with Gasteiger partial charge in [-0.2, -0.15) is 0 Å². The Morgan fingerprint density at radius 2 is 1.60 bits per heavy atom. The maximum atomic E-state index is 11.7. The maximum Gasteiger partial charge on any atom is 0.349 e. The van der Waals surface area contributed by atoms with Crippen molar-refractivity contribution in [3.8, 4) is 28.1 Å². The number of rotatable bonds is 9. The first-order chi connectivity index (χ1) is 19.4. The molecule has 1 atom stereocenters. The molecule has 1 aromatic heterocycles. The van der Waals surface area contributed by atoms with E-state index in [1.54, 1.807) is 42.5 Å². The zero-order valence-electron chi connectivity index (χ0n) is 21.7. The number of ether oxygens (including phenoxy) is 1. The Labute approximate surface area is 242 Å². The summed E-state index contributed by atoms with van der Waals surface area (Å²) in [5.41, 5.74) is 5.30. The molecule has 0 aliphatic heterocycles. The number of aromatic nitrogens is 2. The molecule has 1 heterocycles. The number of aryl methyl sites for hydroxylation is 1. The van der Waals surface area contributed by atoms with E-state index in [1.807, 2.05) is 72.9 Å². The van der Waals surface area contributed by atoms with Gasteiger partial charge in [-0.3, -0.25) is 0 Å². The lowest BCUT2D eigenvalue weighted by Gasteiger charge is -2.15. The summed E-state index contributed by atoms with van der Waals surface area (Å²) in [4.78, 5) is 16.5. The van der Waals surface area contributed by atoms with Crippen molar-refractivity contribution in [3.05, 3.63) is 130 Å². The quantitative estimate of drug-likeness (QED) is 0.193. The van der Waals surface area contributed by atoms with Crippen LogP contribution in [0.25, 0.3) is 34.5 Å². The second-order valence-corrected chi connectivity index (χ2v) is 9.96. The lowest BCUT2D eigenvalue weighted by atomic mass is 10.0. The zero-order valence-corrected chi connectivity index (χ0v) is 23.2. The average Bonchev–Trinajstić information content (AvgIpc) is 3.38. The van der Waals surface area contributed by atoms with Gasteiger partial charge in [0, 0.05) is 28.9 Å². The van der Waals surface area contributed by atoms with E-state index in [4.69, 9.17) is 32.9 Å². The number of halogens is 2. The van der Waals surface area contributed by atoms with Crippen molar-refractivity contribution in [1.29, 1.82) is 0 Å². The molecule has 1 N–H and O–H groups in total. The van der Waals surface area contributed by atoms with Crippen molar-refractivity contribution in [3.63, 3.8) is 0 Å². The van der Waals surface area contributed by atoms with Gasteiger partial charge in [-0.25, -0.2) is 9.78 Å². The number of hydrogen-bond acceptors (Lipinski definition) is 3. The average molecular weight is 569 g/mol. The number of hydrogen-bond donors (Lipinski definition) is 1. The van der Waals surface area contributed by atoms with E-state index in [2.05, 4.69) is 11.5 Å². The van der Waals surface area contributed by atoms with Crippen molar-refractivity contribution < 1.29 is 14.6 Å². The molecule has 200 valence electrons. The standard InChI is InChI=1S/C33H26Cl2N2O3/c1-2-37-21-30(28-18-15-26(34)20-29(28)35)36-31(37)19-10-22-8-11-23(12-9-22)24-13-16-27(17-14-24)40-32(33(38)39)25-6-4-3-5-7-25/h3-21,32H,2H2,1H3,(H,38,39). The number of carbonyl (C=O) groups is 1. The van der Waals surface area contributed by atoms with Gasteiger partial charge < -0.3 is 14.4 Å². The minimum absolute atomic E-state index is 0.491. The second kappa shape index (κ2) is 12.2. The monoisotopic (exact) mass is 568 g/mol. The molecule has 5 nitrogen and oxygen atoms in total. The SMILES string of the molecule is CCn1cc(-c2ccc(Cl)cc2Cl)nc1C=Cc1ccc(-c2ccc(OC(C(=O)O)c3ccccc3)cc2)cc1. The van der Waals surface area contributed by atoms with E-state index in [1.165, 1.54) is 0 Å². The molecule has 0 aliphatic rings. The van der Waals surface area contributed by atoms with Gasteiger partial charge in [0.25, 0.3) is 0 Å². The summed E-state index contributed by atoms with van der Waals surface area (Å²) in [6, 6.07) is 29.9. The minimum atomic E-state index is -1.07. The highest BCUT2D eigenvalue weighted by Crippen LogP contribution is 2.31. The van der Waals surface area contributed by atoms with Crippen LogP contribution < -0.4 is 4.74 Å². The predicted octanol–water partition coefficient (Wildman–Crippen LogP) is 8.92. The van der Waals surface area contributed by atoms with Crippen LogP contribution in [0.1, 0.15) is 30.0 Å². The zero-order chi connectivity index (χ0) is 28.1. The number of aliphatic carboxylic acids is 1. The highest BCUT2D eigenvalue weighted by atomic mass is 35.5. The molecule has 0 amide bonds. The molecule has 1 unspecified atom stereocenters. The summed E-state index contributed by atoms with van der Waals surface area (Å²) in [6.45, 7) is 2.84. The van der Waals surface area contributed by atoms with Crippen molar-refractivity contribution in [2.24, 2.45) is 0 Å². The molecule has 0 saturated heterocycles. The highest BCUT2D eigenvalue weighted by Gasteiger charge is 2.21. The molecule has 0 fully saturated rings. The normalized spacial score (nSPS) is 12.0. The van der Waals surface area contributed by atoms with E-state index in [9.17, 15) is 9.90 Å². The van der Waals surface area contributed by atoms with Gasteiger partial charge in [0.15, 0.2) is 0 Å². The molecule has 5 aromatic rings. The van der Waals surface area contributed by atoms with E-state index in [0.29, 0.717) is 21.4 Å². The van der Waals surface area contributed by atoms with Gasteiger partial charge in [-0.1, -0.05) is 96.0 Å². The van der Waals surface area contributed by atoms with Crippen LogP contribution in [0.3, 0.4) is 0 Å². The Balaban J connectivity index is 1.29. The van der Waals surface area contributed by atoms with E-state index in [0.717, 1.165) is 40.3 Å². The maximum absolute atomic E-state index is 11.7. The molecule has 0 saturated carbocycles. The van der Waals surface area contributed by atoms with E-state index in [-0.39, 0.29) is 0 Å². The Morgan fingerprint density at radius 1 is 0.925 bits per heavy atom. The third-order valence-electron chi connectivity index (χ3n) is 6.46. The van der Waals surface area contributed by atoms with Crippen molar-refractivity contribution >= 4 is 41.3 Å². The molecular formula is C33H26Cl2N2O3. The van der Waals surface area contributed by atoms with Crippen LogP contribution in [0, 0.1) is 0 Å². The third-order valence-corrected chi connectivity index (χ3v) is 7.01. The summed E-state index contributed by atoms with van der Waals surface area (Å²) in [5, 5.41) is 10.8. The van der Waals surface area contributed by atoms with Crippen molar-refractivity contribution in [2.75, 3.05) is 0 Å². The fourth-order valence-corrected chi connectivity index (χ4v) is 4.86. The Bertz CT molecular complexity index is 1640. The first-order valence-corrected chi connectivity index (χ1v) is 13.5. The third kappa shape index (κ3) is 6.28. The number of benzene rings is 4. The highest BCUT2D eigenvalue weighted by molar-refractivity contribution is 6.36. The molecule has 0 aliphatic carbocycles. The second-order valence-electron chi connectivity index (χ2n) is 9.12. The van der Waals surface area contributed by atoms with E-state index >= 15 is 0 Å². The summed E-state index contributed by atoms with van der Waals surface area (Å²) in [5.74, 6) is 0.286. The Hall–Kier alpha value is -4.32. The molecule has 7 heteroatoms. The van der Waals surface area contributed by atoms with E-state index < -0.39 is 12.1 Å². The lowest BCUT2D eigenvalue weighted by Crippen LogP contribution is -2.18. The molecule has 4 aromatic carbocycles. The molecular weight excluding hydrogens is 543 g/mol. The fourth-order valence-electron chi connectivity index (χ4n) is 4.35. The van der Waals surface area contributed by atoms with Crippen LogP contribution in [0.2, 0.25) is 10.0 Å². The number of carboxylic acid groups (broad SMARTS) is 1. The summed E-state index contributed by atoms with van der Waals surface area (Å²) < 4.78 is 7.85.